The van der Waals surface area contributed by atoms with Gasteiger partial charge in [-0.3, -0.25) is 9.67 Å². The first-order valence-corrected chi connectivity index (χ1v) is 4.18. The van der Waals surface area contributed by atoms with E-state index in [-0.39, 0.29) is 0 Å². The summed E-state index contributed by atoms with van der Waals surface area (Å²) < 4.78 is 1.88. The highest BCUT2D eigenvalue weighted by Gasteiger charge is 2.03. The topological polar surface area (TPSA) is 30.7 Å². The van der Waals surface area contributed by atoms with Crippen LogP contribution in [-0.4, -0.2) is 14.8 Å². The highest BCUT2D eigenvalue weighted by atomic mass is 15.3. The first-order valence-electron chi connectivity index (χ1n) is 4.18. The quantitative estimate of drug-likeness (QED) is 0.658. The summed E-state index contributed by atoms with van der Waals surface area (Å²) in [5.74, 6) is 0. The molecule has 0 atom stereocenters. The fourth-order valence-electron chi connectivity index (χ4n) is 1.40. The summed E-state index contributed by atoms with van der Waals surface area (Å²) in [6.07, 6.45) is 3.58. The maximum atomic E-state index is 4.28. The molecular formula is C10H11N3. The molecule has 0 fully saturated rings. The molecule has 0 N–H and O–H groups in total. The van der Waals surface area contributed by atoms with Crippen molar-refractivity contribution in [3.05, 3.63) is 36.3 Å². The molecule has 13 heavy (non-hydrogen) atoms. The fourth-order valence-corrected chi connectivity index (χ4v) is 1.40. The van der Waals surface area contributed by atoms with Crippen molar-refractivity contribution in [3.63, 3.8) is 0 Å². The predicted molar refractivity (Wildman–Crippen MR) is 51.2 cm³/mol. The van der Waals surface area contributed by atoms with Crippen molar-refractivity contribution in [2.24, 2.45) is 7.05 Å². The van der Waals surface area contributed by atoms with E-state index >= 15 is 0 Å². The molecule has 0 aliphatic carbocycles. The number of hydrogen-bond acceptors (Lipinski definition) is 2. The van der Waals surface area contributed by atoms with E-state index in [4.69, 9.17) is 0 Å². The molecule has 2 rings (SSSR count). The van der Waals surface area contributed by atoms with E-state index in [1.807, 2.05) is 30.8 Å². The Morgan fingerprint density at radius 1 is 1.23 bits per heavy atom. The van der Waals surface area contributed by atoms with E-state index in [0.29, 0.717) is 0 Å². The molecule has 3 nitrogen and oxygen atoms in total. The Balaban J connectivity index is 2.53. The number of rotatable bonds is 1. The maximum absolute atomic E-state index is 4.28. The largest absolute Gasteiger partial charge is 0.268 e. The van der Waals surface area contributed by atoms with E-state index in [1.54, 1.807) is 12.4 Å². The Morgan fingerprint density at radius 3 is 2.46 bits per heavy atom. The molecule has 0 saturated heterocycles. The van der Waals surface area contributed by atoms with E-state index in [1.165, 1.54) is 0 Å². The average molecular weight is 173 g/mol. The third kappa shape index (κ3) is 1.45. The molecule has 0 spiro atoms. The second-order valence-corrected chi connectivity index (χ2v) is 3.03. The summed E-state index contributed by atoms with van der Waals surface area (Å²) in [6, 6.07) is 6.03. The van der Waals surface area contributed by atoms with Gasteiger partial charge in [0.05, 0.1) is 11.4 Å². The molecule has 0 unspecified atom stereocenters. The monoisotopic (exact) mass is 173 g/mol. The Labute approximate surface area is 77.0 Å². The summed E-state index contributed by atoms with van der Waals surface area (Å²) >= 11 is 0. The van der Waals surface area contributed by atoms with E-state index in [9.17, 15) is 0 Å². The lowest BCUT2D eigenvalue weighted by atomic mass is 10.2. The molecule has 3 heteroatoms. The lowest BCUT2D eigenvalue weighted by molar-refractivity contribution is 0.764. The van der Waals surface area contributed by atoms with Crippen LogP contribution in [0.15, 0.2) is 30.6 Å². The van der Waals surface area contributed by atoms with E-state index in [0.717, 1.165) is 17.0 Å². The van der Waals surface area contributed by atoms with Crippen LogP contribution in [0.3, 0.4) is 0 Å². The van der Waals surface area contributed by atoms with Gasteiger partial charge in [-0.15, -0.1) is 0 Å². The van der Waals surface area contributed by atoms with Crippen LogP contribution in [0, 0.1) is 6.92 Å². The number of hydrogen-bond donors (Lipinski definition) is 0. The number of nitrogens with zero attached hydrogens (tertiary/aromatic N) is 3. The van der Waals surface area contributed by atoms with Gasteiger partial charge in [-0.2, -0.15) is 5.10 Å². The molecule has 2 aromatic rings. The molecule has 0 amide bonds. The SMILES string of the molecule is Cc1cc(-c2ccncc2)n(C)n1. The van der Waals surface area contributed by atoms with Crippen molar-refractivity contribution in [1.29, 1.82) is 0 Å². The molecule has 0 saturated carbocycles. The minimum atomic E-state index is 1.04. The highest BCUT2D eigenvalue weighted by molar-refractivity contribution is 5.58. The first kappa shape index (κ1) is 7.98. The van der Waals surface area contributed by atoms with Gasteiger partial charge in [0.2, 0.25) is 0 Å². The summed E-state index contributed by atoms with van der Waals surface area (Å²) in [5.41, 5.74) is 3.31. The highest BCUT2D eigenvalue weighted by Crippen LogP contribution is 2.17. The van der Waals surface area contributed by atoms with Crippen LogP contribution in [-0.2, 0) is 7.05 Å². The lowest BCUT2D eigenvalue weighted by Gasteiger charge is -1.99. The molecule has 2 heterocycles. The standard InChI is InChI=1S/C10H11N3/c1-8-7-10(13(2)12-8)9-3-5-11-6-4-9/h3-7H,1-2H3. The van der Waals surface area contributed by atoms with Gasteiger partial charge in [-0.1, -0.05) is 0 Å². The zero-order chi connectivity index (χ0) is 9.26. The van der Waals surface area contributed by atoms with Crippen LogP contribution in [0.1, 0.15) is 5.69 Å². The van der Waals surface area contributed by atoms with Crippen molar-refractivity contribution >= 4 is 0 Å². The van der Waals surface area contributed by atoms with Gasteiger partial charge >= 0.3 is 0 Å². The molecule has 0 aromatic carbocycles. The van der Waals surface area contributed by atoms with Crippen LogP contribution < -0.4 is 0 Å². The van der Waals surface area contributed by atoms with Crippen molar-refractivity contribution < 1.29 is 0 Å². The van der Waals surface area contributed by atoms with Crippen LogP contribution in [0.5, 0.6) is 0 Å². The minimum absolute atomic E-state index is 1.04. The number of aromatic nitrogens is 3. The van der Waals surface area contributed by atoms with Crippen molar-refractivity contribution in [2.75, 3.05) is 0 Å². The Bertz CT molecular complexity index is 403. The molecule has 0 bridgehead atoms. The maximum Gasteiger partial charge on any atom is 0.0682 e. The van der Waals surface area contributed by atoms with Crippen LogP contribution in [0.2, 0.25) is 0 Å². The van der Waals surface area contributed by atoms with Gasteiger partial charge in [0.1, 0.15) is 0 Å². The third-order valence-electron chi connectivity index (χ3n) is 1.98. The van der Waals surface area contributed by atoms with Gasteiger partial charge < -0.3 is 0 Å². The summed E-state index contributed by atoms with van der Waals surface area (Å²) in [7, 11) is 1.95. The third-order valence-corrected chi connectivity index (χ3v) is 1.98. The van der Waals surface area contributed by atoms with Crippen LogP contribution in [0.4, 0.5) is 0 Å². The normalized spacial score (nSPS) is 10.3. The fraction of sp³-hybridized carbons (Fsp3) is 0.200. The van der Waals surface area contributed by atoms with Gasteiger partial charge in [0, 0.05) is 25.0 Å². The minimum Gasteiger partial charge on any atom is -0.268 e. The van der Waals surface area contributed by atoms with Crippen molar-refractivity contribution in [3.8, 4) is 11.3 Å². The number of aryl methyl sites for hydroxylation is 2. The summed E-state index contributed by atoms with van der Waals surface area (Å²) in [5, 5.41) is 4.28. The zero-order valence-corrected chi connectivity index (χ0v) is 7.73. The first-order chi connectivity index (χ1) is 6.27. The summed E-state index contributed by atoms with van der Waals surface area (Å²) in [6.45, 7) is 1.99. The molecule has 0 radical (unpaired) electrons. The lowest BCUT2D eigenvalue weighted by Crippen LogP contribution is -1.93. The van der Waals surface area contributed by atoms with Crippen molar-refractivity contribution in [2.45, 2.75) is 6.92 Å². The van der Waals surface area contributed by atoms with Crippen LogP contribution in [0.25, 0.3) is 11.3 Å². The summed E-state index contributed by atoms with van der Waals surface area (Å²) in [4.78, 5) is 3.98. The van der Waals surface area contributed by atoms with Crippen molar-refractivity contribution in [1.82, 2.24) is 14.8 Å². The Morgan fingerprint density at radius 2 is 1.92 bits per heavy atom. The van der Waals surface area contributed by atoms with Gasteiger partial charge in [-0.25, -0.2) is 0 Å². The smallest absolute Gasteiger partial charge is 0.0682 e. The molecule has 2 aromatic heterocycles. The zero-order valence-electron chi connectivity index (χ0n) is 7.73. The molecular weight excluding hydrogens is 162 g/mol. The van der Waals surface area contributed by atoms with Gasteiger partial charge in [-0.05, 0) is 25.1 Å². The van der Waals surface area contributed by atoms with Crippen LogP contribution >= 0.6 is 0 Å². The Kier molecular flexibility index (Phi) is 1.85. The van der Waals surface area contributed by atoms with Gasteiger partial charge in [0.25, 0.3) is 0 Å². The number of pyridine rings is 1. The van der Waals surface area contributed by atoms with Gasteiger partial charge in [0.15, 0.2) is 0 Å². The second kappa shape index (κ2) is 3.01. The average Bonchev–Trinajstić information content (AvgIpc) is 2.47. The molecule has 0 aliphatic rings. The second-order valence-electron chi connectivity index (χ2n) is 3.03. The molecule has 0 aliphatic heterocycles. The Hall–Kier alpha value is -1.64. The predicted octanol–water partition coefficient (Wildman–Crippen LogP) is 1.79. The van der Waals surface area contributed by atoms with E-state index < -0.39 is 0 Å². The van der Waals surface area contributed by atoms with E-state index in [2.05, 4.69) is 16.1 Å². The molecule has 66 valence electrons.